The largest absolute Gasteiger partial charge is 0.508 e. The molecule has 0 radical (unpaired) electrons. The number of halogens is 1. The molecule has 0 aliphatic heterocycles. The Morgan fingerprint density at radius 2 is 1.97 bits per heavy atom. The number of nitrogens with zero attached hydrogens (tertiary/aromatic N) is 2. The quantitative estimate of drug-likeness (QED) is 0.594. The lowest BCUT2D eigenvalue weighted by atomic mass is 10.0. The van der Waals surface area contributed by atoms with E-state index in [4.69, 9.17) is 4.74 Å². The number of carbonyl (C=O) groups excluding carboxylic acids is 1. The molecule has 150 valence electrons. The Bertz CT molecular complexity index is 1060. The van der Waals surface area contributed by atoms with Crippen LogP contribution in [-0.4, -0.2) is 20.8 Å². The van der Waals surface area contributed by atoms with Gasteiger partial charge in [-0.2, -0.15) is 5.10 Å². The first-order valence-corrected chi connectivity index (χ1v) is 9.02. The number of amides is 1. The third-order valence-electron chi connectivity index (χ3n) is 4.50. The summed E-state index contributed by atoms with van der Waals surface area (Å²) in [5.41, 5.74) is 2.25. The van der Waals surface area contributed by atoms with Crippen LogP contribution in [0.4, 0.5) is 4.39 Å². The molecule has 3 aromatic rings. The van der Waals surface area contributed by atoms with Gasteiger partial charge in [0.25, 0.3) is 5.91 Å². The Balaban J connectivity index is 1.82. The number of aryl methyl sites for hydroxylation is 2. The predicted octanol–water partition coefficient (Wildman–Crippen LogP) is 4.68. The molecule has 0 aliphatic carbocycles. The van der Waals surface area contributed by atoms with Crippen LogP contribution in [0.25, 0.3) is 5.76 Å². The van der Waals surface area contributed by atoms with Crippen molar-refractivity contribution in [1.82, 2.24) is 15.1 Å². The number of aliphatic hydroxyl groups excluding tert-OH is 1. The van der Waals surface area contributed by atoms with Crippen LogP contribution in [0, 0.1) is 12.7 Å². The topological polar surface area (TPSA) is 76.4 Å². The minimum Gasteiger partial charge on any atom is -0.508 e. The highest BCUT2D eigenvalue weighted by Gasteiger charge is 2.24. The van der Waals surface area contributed by atoms with Crippen molar-refractivity contribution in [3.05, 3.63) is 83.3 Å². The summed E-state index contributed by atoms with van der Waals surface area (Å²) in [5, 5.41) is 16.6. The normalized spacial score (nSPS) is 11.7. The molecule has 7 heteroatoms. The number of aromatic nitrogens is 2. The van der Waals surface area contributed by atoms with Gasteiger partial charge in [0, 0.05) is 18.7 Å². The molecule has 0 saturated heterocycles. The first-order chi connectivity index (χ1) is 13.8. The third-order valence-corrected chi connectivity index (χ3v) is 4.50. The summed E-state index contributed by atoms with van der Waals surface area (Å²) in [6.45, 7) is 7.04. The van der Waals surface area contributed by atoms with Gasteiger partial charge in [0.05, 0.1) is 11.7 Å². The molecule has 1 aromatic heterocycles. The van der Waals surface area contributed by atoms with Crippen molar-refractivity contribution < 1.29 is 19.0 Å². The molecule has 29 heavy (non-hydrogen) atoms. The van der Waals surface area contributed by atoms with Gasteiger partial charge in [-0.1, -0.05) is 36.9 Å². The van der Waals surface area contributed by atoms with Crippen molar-refractivity contribution in [1.29, 1.82) is 0 Å². The smallest absolute Gasteiger partial charge is 0.259 e. The van der Waals surface area contributed by atoms with E-state index in [9.17, 15) is 14.3 Å². The van der Waals surface area contributed by atoms with Crippen LogP contribution >= 0.6 is 0 Å². The van der Waals surface area contributed by atoms with Crippen molar-refractivity contribution in [3.63, 3.8) is 0 Å². The van der Waals surface area contributed by atoms with Gasteiger partial charge < -0.3 is 15.2 Å². The molecule has 0 bridgehead atoms. The van der Waals surface area contributed by atoms with E-state index >= 15 is 0 Å². The van der Waals surface area contributed by atoms with Gasteiger partial charge in [-0.25, -0.2) is 9.07 Å². The number of benzene rings is 2. The first kappa shape index (κ1) is 20.1. The monoisotopic (exact) mass is 395 g/mol. The van der Waals surface area contributed by atoms with E-state index in [0.717, 1.165) is 5.56 Å². The Hall–Kier alpha value is -3.61. The van der Waals surface area contributed by atoms with Crippen LogP contribution in [0.3, 0.4) is 0 Å². The maximum Gasteiger partial charge on any atom is 0.259 e. The molecule has 3 rings (SSSR count). The summed E-state index contributed by atoms with van der Waals surface area (Å²) in [6.07, 6.45) is 0. The maximum atomic E-state index is 13.5. The van der Waals surface area contributed by atoms with Gasteiger partial charge >= 0.3 is 0 Å². The zero-order chi connectivity index (χ0) is 21.1. The highest BCUT2D eigenvalue weighted by atomic mass is 19.1. The van der Waals surface area contributed by atoms with Crippen LogP contribution in [0.15, 0.2) is 55.1 Å². The average molecular weight is 395 g/mol. The highest BCUT2D eigenvalue weighted by Crippen LogP contribution is 2.28. The minimum absolute atomic E-state index is 0.0154. The Morgan fingerprint density at radius 3 is 2.59 bits per heavy atom. The SMILES string of the molecule is C=C(O)c1ccc([C@H](C)NC(=O)c2c(C)nn(C)c2Oc2cccc(F)c2)cc1. The molecule has 0 saturated carbocycles. The fourth-order valence-electron chi connectivity index (χ4n) is 2.97. The van der Waals surface area contributed by atoms with Gasteiger partial charge in [-0.15, -0.1) is 0 Å². The van der Waals surface area contributed by atoms with Gasteiger partial charge in [0.15, 0.2) is 0 Å². The lowest BCUT2D eigenvalue weighted by Crippen LogP contribution is -2.27. The van der Waals surface area contributed by atoms with Gasteiger partial charge in [-0.3, -0.25) is 4.79 Å². The molecule has 6 nitrogen and oxygen atoms in total. The van der Waals surface area contributed by atoms with E-state index in [0.29, 0.717) is 11.3 Å². The van der Waals surface area contributed by atoms with Crippen LogP contribution in [0.2, 0.25) is 0 Å². The summed E-state index contributed by atoms with van der Waals surface area (Å²) < 4.78 is 20.7. The number of hydrogen-bond acceptors (Lipinski definition) is 4. The van der Waals surface area contributed by atoms with E-state index in [1.165, 1.54) is 22.9 Å². The molecule has 0 unspecified atom stereocenters. The Kier molecular flexibility index (Phi) is 5.68. The number of hydrogen-bond donors (Lipinski definition) is 2. The summed E-state index contributed by atoms with van der Waals surface area (Å²) >= 11 is 0. The molecule has 0 aliphatic rings. The highest BCUT2D eigenvalue weighted by molar-refractivity contribution is 5.98. The molecule has 0 fully saturated rings. The van der Waals surface area contributed by atoms with Crippen molar-refractivity contribution in [3.8, 4) is 11.6 Å². The van der Waals surface area contributed by atoms with E-state index in [2.05, 4.69) is 17.0 Å². The lowest BCUT2D eigenvalue weighted by molar-refractivity contribution is 0.0936. The predicted molar refractivity (Wildman–Crippen MR) is 108 cm³/mol. The lowest BCUT2D eigenvalue weighted by Gasteiger charge is -2.15. The van der Waals surface area contributed by atoms with E-state index < -0.39 is 5.82 Å². The summed E-state index contributed by atoms with van der Waals surface area (Å²) in [5.74, 6) is -0.307. The van der Waals surface area contributed by atoms with E-state index in [-0.39, 0.29) is 34.9 Å². The Morgan fingerprint density at radius 1 is 1.28 bits per heavy atom. The van der Waals surface area contributed by atoms with Gasteiger partial charge in [0.2, 0.25) is 5.88 Å². The molecule has 1 atom stereocenters. The maximum absolute atomic E-state index is 13.5. The molecular weight excluding hydrogens is 373 g/mol. The van der Waals surface area contributed by atoms with Gasteiger partial charge in [-0.05, 0) is 31.5 Å². The van der Waals surface area contributed by atoms with Crippen molar-refractivity contribution in [2.24, 2.45) is 7.05 Å². The molecule has 1 amide bonds. The standard InChI is InChI=1S/C22H22FN3O3/c1-13(16-8-10-17(11-9-16)15(3)27)24-21(28)20-14(2)25-26(4)22(20)29-19-7-5-6-18(23)12-19/h5-13,27H,3H2,1-2,4H3,(H,24,28)/t13-/m0/s1. The van der Waals surface area contributed by atoms with Crippen molar-refractivity contribution in [2.45, 2.75) is 19.9 Å². The molecule has 1 heterocycles. The third kappa shape index (κ3) is 4.45. The number of aliphatic hydroxyl groups is 1. The van der Waals surface area contributed by atoms with E-state index in [1.54, 1.807) is 32.2 Å². The van der Waals surface area contributed by atoms with Crippen molar-refractivity contribution >= 4 is 11.7 Å². The number of rotatable bonds is 6. The zero-order valence-electron chi connectivity index (χ0n) is 16.4. The summed E-state index contributed by atoms with van der Waals surface area (Å²) in [4.78, 5) is 12.9. The number of ether oxygens (including phenoxy) is 1. The summed E-state index contributed by atoms with van der Waals surface area (Å²) in [7, 11) is 1.66. The second-order valence-corrected chi connectivity index (χ2v) is 6.71. The van der Waals surface area contributed by atoms with Gasteiger partial charge in [0.1, 0.15) is 22.9 Å². The van der Waals surface area contributed by atoms with Crippen LogP contribution in [0.1, 0.15) is 40.1 Å². The number of carbonyl (C=O) groups is 1. The molecule has 2 N–H and O–H groups in total. The van der Waals surface area contributed by atoms with Crippen LogP contribution in [-0.2, 0) is 7.05 Å². The molecule has 2 aromatic carbocycles. The first-order valence-electron chi connectivity index (χ1n) is 9.02. The molecule has 0 spiro atoms. The van der Waals surface area contributed by atoms with E-state index in [1.807, 2.05) is 19.1 Å². The average Bonchev–Trinajstić information content (AvgIpc) is 2.95. The minimum atomic E-state index is -0.435. The van der Waals surface area contributed by atoms with Crippen LogP contribution in [0.5, 0.6) is 11.6 Å². The second-order valence-electron chi connectivity index (χ2n) is 6.71. The number of nitrogens with one attached hydrogen (secondary N) is 1. The van der Waals surface area contributed by atoms with Crippen molar-refractivity contribution in [2.75, 3.05) is 0 Å². The zero-order valence-corrected chi connectivity index (χ0v) is 16.4. The fourth-order valence-corrected chi connectivity index (χ4v) is 2.97. The summed E-state index contributed by atoms with van der Waals surface area (Å²) in [6, 6.07) is 12.5. The second kappa shape index (κ2) is 8.18. The fraction of sp³-hybridized carbons (Fsp3) is 0.182. The molecular formula is C22H22FN3O3. The Labute approximate surface area is 168 Å². The van der Waals surface area contributed by atoms with Crippen LogP contribution < -0.4 is 10.1 Å².